The Balaban J connectivity index is 0.00000264. The maximum Gasteiger partial charge on any atom is 0.191 e. The summed E-state index contributed by atoms with van der Waals surface area (Å²) in [5, 5.41) is 11.5. The molecule has 0 atom stereocenters. The van der Waals surface area contributed by atoms with Crippen LogP contribution in [0.1, 0.15) is 0 Å². The smallest absolute Gasteiger partial charge is 0.191 e. The zero-order valence-corrected chi connectivity index (χ0v) is 16.8. The van der Waals surface area contributed by atoms with Gasteiger partial charge in [-0.3, -0.25) is 9.67 Å². The van der Waals surface area contributed by atoms with Crippen LogP contribution in [0.5, 0.6) is 0 Å². The Morgan fingerprint density at radius 3 is 2.65 bits per heavy atom. The zero-order chi connectivity index (χ0) is 15.6. The fourth-order valence-electron chi connectivity index (χ4n) is 1.81. The first kappa shape index (κ1) is 20.1. The van der Waals surface area contributed by atoms with Crippen LogP contribution in [-0.4, -0.2) is 41.6 Å². The third kappa shape index (κ3) is 7.94. The Labute approximate surface area is 163 Å². The summed E-state index contributed by atoms with van der Waals surface area (Å²) in [6, 6.07) is 9.80. The Kier molecular flexibility index (Phi) is 10.1. The minimum atomic E-state index is 0. The molecule has 2 N–H and O–H groups in total. The maximum absolute atomic E-state index is 5.87. The molecular weight excluding hydrogens is 445 g/mol. The van der Waals surface area contributed by atoms with Crippen molar-refractivity contribution in [3.05, 3.63) is 47.7 Å². The van der Waals surface area contributed by atoms with Crippen molar-refractivity contribution in [2.24, 2.45) is 4.99 Å². The zero-order valence-electron chi connectivity index (χ0n) is 12.9. The van der Waals surface area contributed by atoms with E-state index in [1.807, 2.05) is 41.2 Å². The first-order chi connectivity index (χ1) is 10.8. The Morgan fingerprint density at radius 1 is 1.26 bits per heavy atom. The van der Waals surface area contributed by atoms with Gasteiger partial charge < -0.3 is 10.6 Å². The van der Waals surface area contributed by atoms with Crippen molar-refractivity contribution in [3.63, 3.8) is 0 Å². The first-order valence-electron chi connectivity index (χ1n) is 7.08. The van der Waals surface area contributed by atoms with E-state index >= 15 is 0 Å². The summed E-state index contributed by atoms with van der Waals surface area (Å²) in [4.78, 5) is 5.42. The lowest BCUT2D eigenvalue weighted by atomic mass is 10.4. The van der Waals surface area contributed by atoms with Gasteiger partial charge in [0.2, 0.25) is 0 Å². The summed E-state index contributed by atoms with van der Waals surface area (Å²) in [6.45, 7) is 2.44. The van der Waals surface area contributed by atoms with E-state index in [0.717, 1.165) is 36.4 Å². The molecule has 0 amide bonds. The van der Waals surface area contributed by atoms with Crippen molar-refractivity contribution in [1.29, 1.82) is 0 Å². The summed E-state index contributed by atoms with van der Waals surface area (Å²) in [5.41, 5.74) is 0. The highest BCUT2D eigenvalue weighted by Crippen LogP contribution is 2.19. The average Bonchev–Trinajstić information content (AvgIpc) is 3.04. The molecule has 1 heterocycles. The monoisotopic (exact) mass is 465 g/mol. The van der Waals surface area contributed by atoms with E-state index in [0.29, 0.717) is 0 Å². The van der Waals surface area contributed by atoms with Crippen LogP contribution >= 0.6 is 47.3 Å². The largest absolute Gasteiger partial charge is 0.356 e. The highest BCUT2D eigenvalue weighted by Gasteiger charge is 1.98. The Morgan fingerprint density at radius 2 is 2.00 bits per heavy atom. The molecule has 2 aromatic rings. The van der Waals surface area contributed by atoms with Crippen LogP contribution in [0.3, 0.4) is 0 Å². The number of hydrogen-bond acceptors (Lipinski definition) is 3. The predicted molar refractivity (Wildman–Crippen MR) is 109 cm³/mol. The first-order valence-corrected chi connectivity index (χ1v) is 8.44. The average molecular weight is 466 g/mol. The quantitative estimate of drug-likeness (QED) is 0.217. The van der Waals surface area contributed by atoms with E-state index in [1.54, 1.807) is 25.0 Å². The van der Waals surface area contributed by atoms with Crippen LogP contribution < -0.4 is 10.6 Å². The molecule has 0 saturated heterocycles. The number of aliphatic imine (C=N–C) groups is 1. The maximum atomic E-state index is 5.87. The molecule has 5 nitrogen and oxygen atoms in total. The molecule has 0 aliphatic heterocycles. The lowest BCUT2D eigenvalue weighted by molar-refractivity contribution is 0.598. The van der Waals surface area contributed by atoms with Gasteiger partial charge in [-0.2, -0.15) is 5.10 Å². The van der Waals surface area contributed by atoms with E-state index in [4.69, 9.17) is 11.6 Å². The van der Waals surface area contributed by atoms with Crippen LogP contribution in [0.15, 0.2) is 52.6 Å². The number of rotatable bonds is 7. The summed E-state index contributed by atoms with van der Waals surface area (Å²) < 4.78 is 1.89. The molecule has 126 valence electrons. The minimum Gasteiger partial charge on any atom is -0.356 e. The van der Waals surface area contributed by atoms with E-state index in [9.17, 15) is 0 Å². The fourth-order valence-corrected chi connectivity index (χ4v) is 2.71. The lowest BCUT2D eigenvalue weighted by Gasteiger charge is -2.11. The number of benzene rings is 1. The second-order valence-electron chi connectivity index (χ2n) is 4.50. The summed E-state index contributed by atoms with van der Waals surface area (Å²) in [6.07, 6.45) is 3.72. The summed E-state index contributed by atoms with van der Waals surface area (Å²) >= 11 is 7.65. The molecule has 8 heteroatoms. The van der Waals surface area contributed by atoms with E-state index in [1.165, 1.54) is 4.90 Å². The van der Waals surface area contributed by atoms with Gasteiger partial charge in [0.15, 0.2) is 5.96 Å². The normalized spacial score (nSPS) is 11.0. The Bertz CT molecular complexity index is 574. The molecule has 0 aliphatic carbocycles. The number of nitrogens with one attached hydrogen (secondary N) is 2. The Hall–Kier alpha value is -0.930. The predicted octanol–water partition coefficient (Wildman–Crippen LogP) is 3.11. The highest BCUT2D eigenvalue weighted by atomic mass is 127. The van der Waals surface area contributed by atoms with Crippen molar-refractivity contribution in [1.82, 2.24) is 20.4 Å². The van der Waals surface area contributed by atoms with Gasteiger partial charge in [-0.15, -0.1) is 35.7 Å². The number of nitrogens with zero attached hydrogens (tertiary/aromatic N) is 3. The summed E-state index contributed by atoms with van der Waals surface area (Å²) in [5.74, 6) is 1.77. The minimum absolute atomic E-state index is 0. The van der Waals surface area contributed by atoms with Crippen molar-refractivity contribution in [3.8, 4) is 0 Å². The molecule has 1 aromatic heterocycles. The number of thioether (sulfide) groups is 1. The van der Waals surface area contributed by atoms with Gasteiger partial charge in [-0.25, -0.2) is 0 Å². The molecule has 0 fully saturated rings. The highest BCUT2D eigenvalue weighted by molar-refractivity contribution is 14.0. The van der Waals surface area contributed by atoms with Crippen molar-refractivity contribution in [2.45, 2.75) is 11.4 Å². The molecule has 0 bridgehead atoms. The van der Waals surface area contributed by atoms with Crippen LogP contribution in [0, 0.1) is 0 Å². The molecular formula is C15H21ClIN5S. The van der Waals surface area contributed by atoms with E-state index in [2.05, 4.69) is 20.7 Å². The van der Waals surface area contributed by atoms with Crippen LogP contribution in [0.4, 0.5) is 0 Å². The van der Waals surface area contributed by atoms with Gasteiger partial charge in [0.1, 0.15) is 0 Å². The SMILES string of the molecule is CN=C(NCCSc1ccc(Cl)cc1)NCCn1cccn1.I. The number of guanidine groups is 1. The van der Waals surface area contributed by atoms with Gasteiger partial charge >= 0.3 is 0 Å². The van der Waals surface area contributed by atoms with Gasteiger partial charge in [0.05, 0.1) is 6.54 Å². The fraction of sp³-hybridized carbons (Fsp3) is 0.333. The van der Waals surface area contributed by atoms with Crippen molar-refractivity contribution in [2.75, 3.05) is 25.9 Å². The lowest BCUT2D eigenvalue weighted by Crippen LogP contribution is -2.39. The number of hydrogen-bond donors (Lipinski definition) is 2. The van der Waals surface area contributed by atoms with Crippen molar-refractivity contribution < 1.29 is 0 Å². The molecule has 0 unspecified atom stereocenters. The molecule has 0 spiro atoms. The molecule has 1 aromatic carbocycles. The molecule has 0 radical (unpaired) electrons. The van der Waals surface area contributed by atoms with Gasteiger partial charge in [-0.05, 0) is 30.3 Å². The third-order valence-corrected chi connectivity index (χ3v) is 4.16. The van der Waals surface area contributed by atoms with Gasteiger partial charge in [-0.1, -0.05) is 11.6 Å². The molecule has 0 saturated carbocycles. The molecule has 23 heavy (non-hydrogen) atoms. The van der Waals surface area contributed by atoms with Crippen LogP contribution in [-0.2, 0) is 6.54 Å². The second-order valence-corrected chi connectivity index (χ2v) is 6.10. The second kappa shape index (κ2) is 11.6. The van der Waals surface area contributed by atoms with E-state index < -0.39 is 0 Å². The van der Waals surface area contributed by atoms with Crippen LogP contribution in [0.25, 0.3) is 0 Å². The molecule has 2 rings (SSSR count). The topological polar surface area (TPSA) is 54.2 Å². The van der Waals surface area contributed by atoms with Crippen LogP contribution in [0.2, 0.25) is 5.02 Å². The molecule has 0 aliphatic rings. The number of halogens is 2. The summed E-state index contributed by atoms with van der Waals surface area (Å²) in [7, 11) is 1.77. The van der Waals surface area contributed by atoms with Crippen molar-refractivity contribution >= 4 is 53.3 Å². The van der Waals surface area contributed by atoms with E-state index in [-0.39, 0.29) is 24.0 Å². The standard InChI is InChI=1S/C15H20ClN5S.HI/c1-17-15(18-8-11-21-10-2-7-20-21)19-9-12-22-14-5-3-13(16)4-6-14;/h2-7,10H,8-9,11-12H2,1H3,(H2,17,18,19);1H. The van der Waals surface area contributed by atoms with Gasteiger partial charge in [0.25, 0.3) is 0 Å². The third-order valence-electron chi connectivity index (χ3n) is 2.89. The van der Waals surface area contributed by atoms with Gasteiger partial charge in [0, 0.05) is 48.2 Å². The number of aromatic nitrogens is 2.